The zero-order valence-corrected chi connectivity index (χ0v) is 13.8. The molecule has 0 aliphatic carbocycles. The first-order chi connectivity index (χ1) is 12.1. The summed E-state index contributed by atoms with van der Waals surface area (Å²) in [4.78, 5) is 34.2. The number of hydrogen-bond donors (Lipinski definition) is 0. The first-order valence-electron chi connectivity index (χ1n) is 7.72. The normalized spacial score (nSPS) is 10.9. The Morgan fingerprint density at radius 2 is 1.24 bits per heavy atom. The first kappa shape index (κ1) is 18.1. The molecule has 126 valence electrons. The number of methoxy groups -OCH3 is 1. The molecule has 4 heteroatoms. The van der Waals surface area contributed by atoms with E-state index in [1.807, 2.05) is 12.1 Å². The lowest BCUT2D eigenvalue weighted by Gasteiger charge is -1.98. The highest BCUT2D eigenvalue weighted by Gasteiger charge is 2.03. The maximum atomic E-state index is 11.8. The van der Waals surface area contributed by atoms with Gasteiger partial charge in [0, 0.05) is 5.56 Å². The van der Waals surface area contributed by atoms with E-state index in [1.54, 1.807) is 55.7 Å². The second-order valence-corrected chi connectivity index (χ2v) is 5.33. The number of ketones is 2. The van der Waals surface area contributed by atoms with Crippen LogP contribution in [0.1, 0.15) is 27.9 Å². The molecule has 0 fully saturated rings. The molecule has 0 atom stereocenters. The fourth-order valence-electron chi connectivity index (χ4n) is 2.07. The molecule has 4 nitrogen and oxygen atoms in total. The molecule has 2 aromatic rings. The highest BCUT2D eigenvalue weighted by Crippen LogP contribution is 2.12. The Morgan fingerprint density at radius 1 is 0.800 bits per heavy atom. The zero-order valence-electron chi connectivity index (χ0n) is 13.8. The first-order valence-corrected chi connectivity index (χ1v) is 7.72. The van der Waals surface area contributed by atoms with Gasteiger partial charge in [-0.25, -0.2) is 0 Å². The highest BCUT2D eigenvalue weighted by atomic mass is 16.5. The fourth-order valence-corrected chi connectivity index (χ4v) is 2.07. The Morgan fingerprint density at radius 3 is 1.68 bits per heavy atom. The lowest BCUT2D eigenvalue weighted by Crippen LogP contribution is -2.01. The molecule has 0 unspecified atom stereocenters. The molecule has 2 rings (SSSR count). The Balaban J connectivity index is 1.87. The van der Waals surface area contributed by atoms with E-state index in [2.05, 4.69) is 0 Å². The summed E-state index contributed by atoms with van der Waals surface area (Å²) in [5.74, 6) is 0.204. The van der Waals surface area contributed by atoms with Crippen LogP contribution in [-0.4, -0.2) is 25.0 Å². The molecule has 25 heavy (non-hydrogen) atoms. The number of carbonyl (C=O) groups excluding carboxylic acids is 3. The Labute approximate surface area is 146 Å². The maximum absolute atomic E-state index is 11.8. The predicted octanol–water partition coefficient (Wildman–Crippen LogP) is 3.76. The molecule has 0 aliphatic rings. The summed E-state index contributed by atoms with van der Waals surface area (Å²) in [6.45, 7) is 0. The maximum Gasteiger partial charge on any atom is 0.163 e. The molecule has 0 N–H and O–H groups in total. The Kier molecular flexibility index (Phi) is 6.60. The SMILES string of the molecule is COc1ccc(/C=C/C(=O)CC(=O)/C=C/c2ccc(C=O)cc2)cc1. The molecule has 0 saturated heterocycles. The summed E-state index contributed by atoms with van der Waals surface area (Å²) < 4.78 is 5.06. The summed E-state index contributed by atoms with van der Waals surface area (Å²) in [6, 6.07) is 14.1. The molecule has 0 radical (unpaired) electrons. The minimum atomic E-state index is -0.274. The second-order valence-electron chi connectivity index (χ2n) is 5.33. The third-order valence-corrected chi connectivity index (χ3v) is 3.46. The second kappa shape index (κ2) is 9.13. The molecule has 0 aromatic heterocycles. The Bertz CT molecular complexity index is 797. The van der Waals surface area contributed by atoms with Crippen LogP contribution in [0, 0.1) is 0 Å². The minimum Gasteiger partial charge on any atom is -0.497 e. The van der Waals surface area contributed by atoms with E-state index in [0.29, 0.717) is 5.56 Å². The van der Waals surface area contributed by atoms with E-state index in [0.717, 1.165) is 23.2 Å². The summed E-state index contributed by atoms with van der Waals surface area (Å²) in [6.07, 6.45) is 6.62. The van der Waals surface area contributed by atoms with Gasteiger partial charge in [-0.3, -0.25) is 14.4 Å². The molecular formula is C21H18O4. The van der Waals surface area contributed by atoms with Crippen molar-refractivity contribution in [1.29, 1.82) is 0 Å². The fraction of sp³-hybridized carbons (Fsp3) is 0.0952. The Hall–Kier alpha value is -3.27. The average Bonchev–Trinajstić information content (AvgIpc) is 2.65. The topological polar surface area (TPSA) is 60.4 Å². The van der Waals surface area contributed by atoms with Crippen LogP contribution < -0.4 is 4.74 Å². The van der Waals surface area contributed by atoms with Gasteiger partial charge in [0.15, 0.2) is 11.6 Å². The van der Waals surface area contributed by atoms with Gasteiger partial charge in [0.1, 0.15) is 12.0 Å². The summed E-state index contributed by atoms with van der Waals surface area (Å²) >= 11 is 0. The number of carbonyl (C=O) groups is 3. The van der Waals surface area contributed by atoms with E-state index in [4.69, 9.17) is 4.74 Å². The van der Waals surface area contributed by atoms with Gasteiger partial charge in [-0.15, -0.1) is 0 Å². The van der Waals surface area contributed by atoms with Crippen molar-refractivity contribution in [3.8, 4) is 5.75 Å². The predicted molar refractivity (Wildman–Crippen MR) is 97.5 cm³/mol. The number of rotatable bonds is 8. The van der Waals surface area contributed by atoms with Gasteiger partial charge < -0.3 is 4.74 Å². The van der Waals surface area contributed by atoms with Crippen LogP contribution in [0.3, 0.4) is 0 Å². The van der Waals surface area contributed by atoms with E-state index in [1.165, 1.54) is 12.2 Å². The van der Waals surface area contributed by atoms with Crippen molar-refractivity contribution in [3.05, 3.63) is 77.4 Å². The summed E-state index contributed by atoms with van der Waals surface area (Å²) in [7, 11) is 1.59. The van der Waals surface area contributed by atoms with E-state index in [9.17, 15) is 14.4 Å². The van der Waals surface area contributed by atoms with Crippen LogP contribution in [0.5, 0.6) is 5.75 Å². The molecule has 0 bridgehead atoms. The molecule has 0 aliphatic heterocycles. The van der Waals surface area contributed by atoms with Crippen molar-refractivity contribution in [3.63, 3.8) is 0 Å². The van der Waals surface area contributed by atoms with Crippen LogP contribution in [-0.2, 0) is 9.59 Å². The highest BCUT2D eigenvalue weighted by molar-refractivity contribution is 6.10. The smallest absolute Gasteiger partial charge is 0.163 e. The lowest BCUT2D eigenvalue weighted by atomic mass is 10.1. The van der Waals surface area contributed by atoms with Crippen molar-refractivity contribution in [2.75, 3.05) is 7.11 Å². The van der Waals surface area contributed by atoms with Crippen LogP contribution in [0.25, 0.3) is 12.2 Å². The van der Waals surface area contributed by atoms with Gasteiger partial charge in [0.25, 0.3) is 0 Å². The van der Waals surface area contributed by atoms with Gasteiger partial charge >= 0.3 is 0 Å². The molecule has 0 saturated carbocycles. The van der Waals surface area contributed by atoms with Crippen LogP contribution >= 0.6 is 0 Å². The van der Waals surface area contributed by atoms with Gasteiger partial charge in [0.2, 0.25) is 0 Å². The van der Waals surface area contributed by atoms with Gasteiger partial charge in [-0.1, -0.05) is 48.6 Å². The third-order valence-electron chi connectivity index (χ3n) is 3.46. The van der Waals surface area contributed by atoms with E-state index in [-0.39, 0.29) is 18.0 Å². The van der Waals surface area contributed by atoms with Gasteiger partial charge in [-0.2, -0.15) is 0 Å². The van der Waals surface area contributed by atoms with Crippen molar-refractivity contribution in [1.82, 2.24) is 0 Å². The number of ether oxygens (including phenoxy) is 1. The quantitative estimate of drug-likeness (QED) is 0.419. The lowest BCUT2D eigenvalue weighted by molar-refractivity contribution is -0.121. The van der Waals surface area contributed by atoms with Crippen molar-refractivity contribution in [2.45, 2.75) is 6.42 Å². The molecule has 0 spiro atoms. The molecule has 0 amide bonds. The van der Waals surface area contributed by atoms with E-state index >= 15 is 0 Å². The van der Waals surface area contributed by atoms with Crippen molar-refractivity contribution in [2.24, 2.45) is 0 Å². The average molecular weight is 334 g/mol. The standard InChI is InChI=1S/C21H18O4/c1-25-21-12-8-17(9-13-21)7-11-20(24)14-19(23)10-6-16-2-4-18(15-22)5-3-16/h2-13,15H,14H2,1H3/b10-6+,11-7+. The van der Waals surface area contributed by atoms with Crippen LogP contribution in [0.4, 0.5) is 0 Å². The number of aldehydes is 1. The van der Waals surface area contributed by atoms with E-state index < -0.39 is 0 Å². The van der Waals surface area contributed by atoms with Crippen LogP contribution in [0.15, 0.2) is 60.7 Å². The van der Waals surface area contributed by atoms with Crippen molar-refractivity contribution < 1.29 is 19.1 Å². The minimum absolute atomic E-state index is 0.185. The summed E-state index contributed by atoms with van der Waals surface area (Å²) in [5, 5.41) is 0. The zero-order chi connectivity index (χ0) is 18.1. The summed E-state index contributed by atoms with van der Waals surface area (Å²) in [5.41, 5.74) is 2.22. The van der Waals surface area contributed by atoms with Crippen LogP contribution in [0.2, 0.25) is 0 Å². The molecule has 0 heterocycles. The largest absolute Gasteiger partial charge is 0.497 e. The van der Waals surface area contributed by atoms with Gasteiger partial charge in [-0.05, 0) is 35.4 Å². The molecular weight excluding hydrogens is 316 g/mol. The number of hydrogen-bond acceptors (Lipinski definition) is 4. The monoisotopic (exact) mass is 334 g/mol. The van der Waals surface area contributed by atoms with Crippen molar-refractivity contribution >= 4 is 30.0 Å². The number of allylic oxidation sites excluding steroid dienone is 2. The molecule has 2 aromatic carbocycles. The number of benzene rings is 2. The van der Waals surface area contributed by atoms with Gasteiger partial charge in [0.05, 0.1) is 13.5 Å². The third kappa shape index (κ3) is 6.03.